The highest BCUT2D eigenvalue weighted by Crippen LogP contribution is 2.44. The summed E-state index contributed by atoms with van der Waals surface area (Å²) in [4.78, 5) is 39.9. The molecule has 2 fully saturated rings. The van der Waals surface area contributed by atoms with Crippen molar-refractivity contribution in [3.05, 3.63) is 117 Å². The molecule has 16 heteroatoms. The molecule has 0 saturated carbocycles. The first-order chi connectivity index (χ1) is 30.7. The predicted molar refractivity (Wildman–Crippen MR) is 248 cm³/mol. The molecule has 2 N–H and O–H groups in total. The number of pyridine rings is 1. The van der Waals surface area contributed by atoms with Gasteiger partial charge in [0.15, 0.2) is 0 Å². The van der Waals surface area contributed by atoms with Gasteiger partial charge in [-0.2, -0.15) is 0 Å². The Morgan fingerprint density at radius 2 is 1.83 bits per heavy atom. The SMILES string of the molecule is CC1CN(CC[C@H]2COc3cc(S(=O)(=O)NC(=O)c4ccc(N5CCN(CC6=C(c7ccc(Cl)cc7)CC(C)(C)CC6)CC5)cc4Oc4cnc5[nH]ccc5c4)cc([N+](=O)[O-])c3C2)C1. The molecule has 14 nitrogen and oxygen atoms in total. The number of H-pyrrole nitrogens is 1. The number of halogens is 1. The van der Waals surface area contributed by atoms with Crippen LogP contribution in [0.5, 0.6) is 17.2 Å². The quantitative estimate of drug-likeness (QED) is 0.0858. The van der Waals surface area contributed by atoms with Gasteiger partial charge in [-0.3, -0.25) is 19.8 Å². The Kier molecular flexibility index (Phi) is 12.2. The molecule has 5 heterocycles. The molecular formula is C48H54ClN7O7S. The van der Waals surface area contributed by atoms with Crippen LogP contribution in [-0.4, -0.2) is 98.0 Å². The summed E-state index contributed by atoms with van der Waals surface area (Å²) in [6, 6.07) is 19.2. The molecule has 2 saturated heterocycles. The van der Waals surface area contributed by atoms with Crippen molar-refractivity contribution in [2.75, 3.05) is 63.9 Å². The minimum absolute atomic E-state index is 0.0369. The number of piperazine rings is 1. The number of amides is 1. The largest absolute Gasteiger partial charge is 0.493 e. The summed E-state index contributed by atoms with van der Waals surface area (Å²) in [5.41, 5.74) is 5.78. The lowest BCUT2D eigenvalue weighted by Gasteiger charge is -2.39. The van der Waals surface area contributed by atoms with E-state index in [1.54, 1.807) is 30.5 Å². The number of carbonyl (C=O) groups is 1. The Morgan fingerprint density at radius 1 is 1.05 bits per heavy atom. The number of fused-ring (bicyclic) bond motifs is 2. The van der Waals surface area contributed by atoms with Crippen LogP contribution >= 0.6 is 11.6 Å². The lowest BCUT2D eigenvalue weighted by Crippen LogP contribution is -2.47. The predicted octanol–water partition coefficient (Wildman–Crippen LogP) is 8.71. The number of hydrogen-bond acceptors (Lipinski definition) is 11. The lowest BCUT2D eigenvalue weighted by atomic mass is 9.72. The summed E-state index contributed by atoms with van der Waals surface area (Å²) in [6.07, 6.45) is 7.71. The number of aromatic amines is 1. The van der Waals surface area contributed by atoms with Crippen LogP contribution in [0, 0.1) is 27.4 Å². The number of nitro groups is 1. The van der Waals surface area contributed by atoms with Crippen molar-refractivity contribution in [2.24, 2.45) is 17.3 Å². The van der Waals surface area contributed by atoms with Gasteiger partial charge in [0.2, 0.25) is 0 Å². The number of sulfonamides is 1. The van der Waals surface area contributed by atoms with E-state index in [2.05, 4.69) is 62.3 Å². The Labute approximate surface area is 378 Å². The number of ether oxygens (including phenoxy) is 2. The smallest absolute Gasteiger partial charge is 0.277 e. The van der Waals surface area contributed by atoms with Gasteiger partial charge in [-0.1, -0.05) is 50.1 Å². The van der Waals surface area contributed by atoms with E-state index in [1.165, 1.54) is 29.0 Å². The summed E-state index contributed by atoms with van der Waals surface area (Å²) < 4.78 is 42.3. The van der Waals surface area contributed by atoms with Gasteiger partial charge in [0.05, 0.1) is 33.7 Å². The summed E-state index contributed by atoms with van der Waals surface area (Å²) in [7, 11) is -4.61. The number of rotatable bonds is 13. The van der Waals surface area contributed by atoms with Crippen LogP contribution in [0.25, 0.3) is 16.6 Å². The molecular weight excluding hydrogens is 854 g/mol. The number of nitrogens with zero attached hydrogens (tertiary/aromatic N) is 5. The zero-order chi connectivity index (χ0) is 44.8. The van der Waals surface area contributed by atoms with Crippen molar-refractivity contribution >= 4 is 55.5 Å². The summed E-state index contributed by atoms with van der Waals surface area (Å²) >= 11 is 6.25. The molecule has 0 unspecified atom stereocenters. The molecule has 3 aromatic carbocycles. The van der Waals surface area contributed by atoms with E-state index in [0.717, 1.165) is 100 Å². The molecule has 2 aromatic heterocycles. The van der Waals surface area contributed by atoms with Gasteiger partial charge in [0, 0.05) is 86.3 Å². The second-order valence-corrected chi connectivity index (χ2v) is 20.8. The van der Waals surface area contributed by atoms with Crippen molar-refractivity contribution in [3.63, 3.8) is 0 Å². The van der Waals surface area contributed by atoms with Crippen molar-refractivity contribution in [2.45, 2.75) is 57.8 Å². The topological polar surface area (TPSA) is 163 Å². The Balaban J connectivity index is 0.931. The van der Waals surface area contributed by atoms with Crippen molar-refractivity contribution in [1.29, 1.82) is 0 Å². The van der Waals surface area contributed by atoms with E-state index in [0.29, 0.717) is 35.9 Å². The second kappa shape index (κ2) is 17.8. The van der Waals surface area contributed by atoms with Crippen LogP contribution in [0.2, 0.25) is 5.02 Å². The molecule has 1 aliphatic carbocycles. The Morgan fingerprint density at radius 3 is 2.58 bits per heavy atom. The minimum atomic E-state index is -4.61. The molecule has 0 bridgehead atoms. The van der Waals surface area contributed by atoms with Crippen molar-refractivity contribution < 1.29 is 27.6 Å². The summed E-state index contributed by atoms with van der Waals surface area (Å²) in [5, 5.41) is 13.9. The number of likely N-dealkylation sites (tertiary alicyclic amines) is 1. The van der Waals surface area contributed by atoms with Gasteiger partial charge in [-0.05, 0) is 103 Å². The molecule has 1 atom stereocenters. The van der Waals surface area contributed by atoms with E-state index in [1.807, 2.05) is 18.2 Å². The van der Waals surface area contributed by atoms with Gasteiger partial charge in [0.25, 0.3) is 21.6 Å². The zero-order valence-corrected chi connectivity index (χ0v) is 38.0. The van der Waals surface area contributed by atoms with Gasteiger partial charge >= 0.3 is 0 Å². The van der Waals surface area contributed by atoms with E-state index in [4.69, 9.17) is 21.1 Å². The highest BCUT2D eigenvalue weighted by atomic mass is 35.5. The van der Waals surface area contributed by atoms with Crippen LogP contribution in [0.15, 0.2) is 89.6 Å². The highest BCUT2D eigenvalue weighted by Gasteiger charge is 2.34. The number of hydrogen-bond donors (Lipinski definition) is 2. The van der Waals surface area contributed by atoms with Crippen LogP contribution in [0.3, 0.4) is 0 Å². The minimum Gasteiger partial charge on any atom is -0.493 e. The normalized spacial score (nSPS) is 19.5. The zero-order valence-electron chi connectivity index (χ0n) is 36.4. The van der Waals surface area contributed by atoms with Gasteiger partial charge in [-0.25, -0.2) is 18.1 Å². The Bertz CT molecular complexity index is 2720. The average molecular weight is 909 g/mol. The fourth-order valence-corrected chi connectivity index (χ4v) is 10.7. The molecule has 9 rings (SSSR count). The van der Waals surface area contributed by atoms with Crippen LogP contribution in [0.4, 0.5) is 11.4 Å². The maximum absolute atomic E-state index is 14.1. The number of allylic oxidation sites excluding steroid dienone is 1. The van der Waals surface area contributed by atoms with Gasteiger partial charge in [0.1, 0.15) is 22.9 Å². The number of nitro benzene ring substituents is 1. The van der Waals surface area contributed by atoms with Crippen LogP contribution in [-0.2, 0) is 16.4 Å². The van der Waals surface area contributed by atoms with Crippen LogP contribution in [0.1, 0.15) is 67.9 Å². The number of aromatic nitrogens is 2. The van der Waals surface area contributed by atoms with E-state index in [-0.39, 0.29) is 34.1 Å². The van der Waals surface area contributed by atoms with Crippen molar-refractivity contribution in [3.8, 4) is 17.2 Å². The van der Waals surface area contributed by atoms with E-state index >= 15 is 0 Å². The molecule has 64 heavy (non-hydrogen) atoms. The number of nitrogens with one attached hydrogen (secondary N) is 2. The van der Waals surface area contributed by atoms with Gasteiger partial charge in [-0.15, -0.1) is 0 Å². The number of anilines is 1. The first-order valence-corrected chi connectivity index (χ1v) is 24.0. The lowest BCUT2D eigenvalue weighted by molar-refractivity contribution is -0.386. The first kappa shape index (κ1) is 43.8. The van der Waals surface area contributed by atoms with E-state index < -0.39 is 25.7 Å². The monoisotopic (exact) mass is 907 g/mol. The Hall–Kier alpha value is -5.48. The fourth-order valence-electron chi connectivity index (χ4n) is 9.59. The van der Waals surface area contributed by atoms with E-state index in [9.17, 15) is 23.3 Å². The third kappa shape index (κ3) is 9.63. The molecule has 4 aliphatic rings. The third-order valence-corrected chi connectivity index (χ3v) is 14.8. The third-order valence-electron chi connectivity index (χ3n) is 13.2. The first-order valence-electron chi connectivity index (χ1n) is 22.1. The average Bonchev–Trinajstić information content (AvgIpc) is 3.73. The molecule has 1 amide bonds. The molecule has 336 valence electrons. The summed E-state index contributed by atoms with van der Waals surface area (Å²) in [5.74, 6) is 0.398. The van der Waals surface area contributed by atoms with Gasteiger partial charge < -0.3 is 24.3 Å². The van der Waals surface area contributed by atoms with Crippen molar-refractivity contribution in [1.82, 2.24) is 24.5 Å². The standard InChI is InChI=1S/C48H54ClN7O7S/c1-31-27-54(28-31)15-12-32-20-41-43(56(58)59)23-39(24-44(41)62-30-32)64(60,61)52-47(57)40-9-8-37(22-45(40)63-38-21-34-11-14-50-46(34)51-26-38)55-18-16-53(17-19-55)29-35-10-13-48(2,3)25-42(35)33-4-6-36(49)7-5-33/h4-9,11,14,21-24,26,31-32H,10,12-13,15-20,25,27-30H2,1-3H3,(H,50,51)(H,52,57)/t32-/m1/s1. The number of carbonyl (C=O) groups excluding carboxylic acids is 1. The molecule has 0 spiro atoms. The fraction of sp³-hybridized carbons (Fsp3) is 0.417. The van der Waals surface area contributed by atoms with Crippen LogP contribution < -0.4 is 19.1 Å². The summed E-state index contributed by atoms with van der Waals surface area (Å²) in [6.45, 7) is 14.1. The maximum atomic E-state index is 14.1. The second-order valence-electron chi connectivity index (χ2n) is 18.7. The number of benzene rings is 3. The highest BCUT2D eigenvalue weighted by molar-refractivity contribution is 7.90. The molecule has 5 aromatic rings. The molecule has 0 radical (unpaired) electrons. The molecule has 3 aliphatic heterocycles. The maximum Gasteiger partial charge on any atom is 0.277 e.